The summed E-state index contributed by atoms with van der Waals surface area (Å²) in [6.45, 7) is 1.92. The fourth-order valence-electron chi connectivity index (χ4n) is 3.85. The molecule has 0 saturated carbocycles. The fraction of sp³-hybridized carbons (Fsp3) is 0.381. The molecule has 130 valence electrons. The van der Waals surface area contributed by atoms with Crippen LogP contribution in [0.4, 0.5) is 4.39 Å². The molecular weight excluding hydrogens is 317 g/mol. The Kier molecular flexibility index (Phi) is 4.53. The van der Waals surface area contributed by atoms with Crippen LogP contribution >= 0.6 is 0 Å². The number of benzene rings is 2. The summed E-state index contributed by atoms with van der Waals surface area (Å²) in [6.07, 6.45) is 2.54. The third-order valence-corrected chi connectivity index (χ3v) is 5.33. The van der Waals surface area contributed by atoms with E-state index in [4.69, 9.17) is 4.74 Å². The minimum Gasteiger partial charge on any atom is -0.381 e. The van der Waals surface area contributed by atoms with Crippen LogP contribution in [-0.2, 0) is 22.5 Å². The Morgan fingerprint density at radius 3 is 2.52 bits per heavy atom. The molecule has 1 aliphatic heterocycles. The molecule has 2 aliphatic rings. The Labute approximate surface area is 147 Å². The van der Waals surface area contributed by atoms with Gasteiger partial charge < -0.3 is 9.64 Å². The molecule has 0 spiro atoms. The van der Waals surface area contributed by atoms with Crippen LogP contribution in [0.15, 0.2) is 48.5 Å². The van der Waals surface area contributed by atoms with Crippen molar-refractivity contribution in [3.8, 4) is 0 Å². The number of halogens is 1. The molecule has 0 N–H and O–H groups in total. The molecule has 1 fully saturated rings. The molecule has 0 aromatic heterocycles. The number of hydrogen-bond acceptors (Lipinski definition) is 2. The smallest absolute Gasteiger partial charge is 0.231 e. The van der Waals surface area contributed by atoms with Crippen molar-refractivity contribution in [3.05, 3.63) is 71.0 Å². The van der Waals surface area contributed by atoms with Crippen molar-refractivity contribution in [2.75, 3.05) is 13.2 Å². The van der Waals surface area contributed by atoms with Gasteiger partial charge in [-0.05, 0) is 48.1 Å². The quantitative estimate of drug-likeness (QED) is 0.850. The van der Waals surface area contributed by atoms with Crippen molar-refractivity contribution in [1.29, 1.82) is 0 Å². The summed E-state index contributed by atoms with van der Waals surface area (Å²) in [5, 5.41) is 0. The van der Waals surface area contributed by atoms with Crippen molar-refractivity contribution >= 4 is 5.91 Å². The molecule has 1 heterocycles. The summed E-state index contributed by atoms with van der Waals surface area (Å²) in [7, 11) is 0. The van der Waals surface area contributed by atoms with Gasteiger partial charge in [-0.1, -0.05) is 36.4 Å². The van der Waals surface area contributed by atoms with Crippen molar-refractivity contribution in [2.45, 2.75) is 37.8 Å². The van der Waals surface area contributed by atoms with E-state index in [2.05, 4.69) is 12.1 Å². The Balaban J connectivity index is 1.56. The first-order chi connectivity index (χ1) is 12.2. The number of carbonyl (C=O) groups is 1. The summed E-state index contributed by atoms with van der Waals surface area (Å²) in [5.74, 6) is -0.102. The van der Waals surface area contributed by atoms with Crippen molar-refractivity contribution in [1.82, 2.24) is 4.90 Å². The zero-order chi connectivity index (χ0) is 17.2. The number of fused-ring (bicyclic) bond motifs is 1. The third-order valence-electron chi connectivity index (χ3n) is 5.33. The Morgan fingerprint density at radius 1 is 1.08 bits per heavy atom. The van der Waals surface area contributed by atoms with Crippen LogP contribution in [0.25, 0.3) is 0 Å². The lowest BCUT2D eigenvalue weighted by molar-refractivity contribution is -0.138. The highest BCUT2D eigenvalue weighted by atomic mass is 19.1. The number of hydrogen-bond donors (Lipinski definition) is 0. The molecule has 2 aromatic rings. The van der Waals surface area contributed by atoms with Gasteiger partial charge in [0.2, 0.25) is 5.91 Å². The molecule has 2 aromatic carbocycles. The Bertz CT molecular complexity index is 753. The summed E-state index contributed by atoms with van der Waals surface area (Å²) in [5.41, 5.74) is 3.40. The van der Waals surface area contributed by atoms with Crippen molar-refractivity contribution in [2.24, 2.45) is 0 Å². The second kappa shape index (κ2) is 6.96. The van der Waals surface area contributed by atoms with E-state index < -0.39 is 0 Å². The summed E-state index contributed by atoms with van der Waals surface area (Å²) in [6, 6.07) is 14.8. The normalized spacial score (nSPS) is 19.8. The van der Waals surface area contributed by atoms with E-state index in [1.54, 1.807) is 12.1 Å². The van der Waals surface area contributed by atoms with Gasteiger partial charge in [-0.25, -0.2) is 4.39 Å². The number of carbonyl (C=O) groups excluding carboxylic acids is 1. The minimum atomic E-state index is -0.249. The van der Waals surface area contributed by atoms with Crippen LogP contribution in [-0.4, -0.2) is 30.1 Å². The van der Waals surface area contributed by atoms with Crippen molar-refractivity contribution in [3.63, 3.8) is 0 Å². The zero-order valence-electron chi connectivity index (χ0n) is 14.2. The molecule has 4 heteroatoms. The molecule has 3 nitrogen and oxygen atoms in total. The SMILES string of the molecule is O=C(C1Cc2ccccc21)N(Cc1ccc(F)cc1)C1CCOCC1. The average Bonchev–Trinajstić information content (AvgIpc) is 2.63. The maximum Gasteiger partial charge on any atom is 0.231 e. The molecular formula is C21H22FNO2. The molecule has 0 radical (unpaired) electrons. The predicted octanol–water partition coefficient (Wildman–Crippen LogP) is 3.67. The molecule has 4 rings (SSSR count). The van der Waals surface area contributed by atoms with Gasteiger partial charge in [0.05, 0.1) is 5.92 Å². The lowest BCUT2D eigenvalue weighted by atomic mass is 9.76. The predicted molar refractivity (Wildman–Crippen MR) is 93.7 cm³/mol. The highest BCUT2D eigenvalue weighted by Crippen LogP contribution is 2.37. The number of ether oxygens (including phenoxy) is 1. The fourth-order valence-corrected chi connectivity index (χ4v) is 3.85. The van der Waals surface area contributed by atoms with Gasteiger partial charge in [-0.2, -0.15) is 0 Å². The standard InChI is InChI=1S/C21H22FNO2/c22-17-7-5-15(6-8-17)14-23(18-9-11-25-12-10-18)21(24)20-13-16-3-1-2-4-19(16)20/h1-8,18,20H,9-14H2. The van der Waals surface area contributed by atoms with Gasteiger partial charge in [-0.15, -0.1) is 0 Å². The minimum absolute atomic E-state index is 0.0421. The van der Waals surface area contributed by atoms with E-state index in [0.717, 1.165) is 30.4 Å². The van der Waals surface area contributed by atoms with E-state index in [1.165, 1.54) is 17.7 Å². The largest absolute Gasteiger partial charge is 0.381 e. The molecule has 1 aliphatic carbocycles. The molecule has 1 saturated heterocycles. The van der Waals surface area contributed by atoms with Crippen LogP contribution in [0.2, 0.25) is 0 Å². The monoisotopic (exact) mass is 339 g/mol. The summed E-state index contributed by atoms with van der Waals surface area (Å²) in [4.78, 5) is 15.3. The molecule has 1 amide bonds. The summed E-state index contributed by atoms with van der Waals surface area (Å²) >= 11 is 0. The molecule has 0 bridgehead atoms. The number of rotatable bonds is 4. The van der Waals surface area contributed by atoms with Gasteiger partial charge in [0, 0.05) is 25.8 Å². The van der Waals surface area contributed by atoms with Gasteiger partial charge in [0.15, 0.2) is 0 Å². The average molecular weight is 339 g/mol. The number of amides is 1. The van der Waals surface area contributed by atoms with Crippen LogP contribution in [0.3, 0.4) is 0 Å². The second-order valence-electron chi connectivity index (χ2n) is 6.89. The van der Waals surface area contributed by atoms with E-state index >= 15 is 0 Å². The van der Waals surface area contributed by atoms with Crippen LogP contribution in [0, 0.1) is 5.82 Å². The van der Waals surface area contributed by atoms with E-state index in [-0.39, 0.29) is 23.7 Å². The first kappa shape index (κ1) is 16.3. The molecule has 1 atom stereocenters. The van der Waals surface area contributed by atoms with Crippen LogP contribution in [0.1, 0.15) is 35.4 Å². The van der Waals surface area contributed by atoms with Gasteiger partial charge >= 0.3 is 0 Å². The lowest BCUT2D eigenvalue weighted by Gasteiger charge is -2.39. The maximum absolute atomic E-state index is 13.3. The Morgan fingerprint density at radius 2 is 1.80 bits per heavy atom. The second-order valence-corrected chi connectivity index (χ2v) is 6.89. The van der Waals surface area contributed by atoms with Gasteiger partial charge in [0.1, 0.15) is 5.82 Å². The van der Waals surface area contributed by atoms with E-state index in [0.29, 0.717) is 19.8 Å². The lowest BCUT2D eigenvalue weighted by Crippen LogP contribution is -2.47. The highest BCUT2D eigenvalue weighted by Gasteiger charge is 2.37. The van der Waals surface area contributed by atoms with Crippen molar-refractivity contribution < 1.29 is 13.9 Å². The highest BCUT2D eigenvalue weighted by molar-refractivity contribution is 5.87. The van der Waals surface area contributed by atoms with Crippen LogP contribution in [0.5, 0.6) is 0 Å². The first-order valence-electron chi connectivity index (χ1n) is 8.93. The molecule has 1 unspecified atom stereocenters. The Hall–Kier alpha value is -2.20. The molecule has 25 heavy (non-hydrogen) atoms. The number of nitrogens with zero attached hydrogens (tertiary/aromatic N) is 1. The van der Waals surface area contributed by atoms with E-state index in [1.807, 2.05) is 17.0 Å². The van der Waals surface area contributed by atoms with Crippen LogP contribution < -0.4 is 0 Å². The van der Waals surface area contributed by atoms with Gasteiger partial charge in [-0.3, -0.25) is 4.79 Å². The van der Waals surface area contributed by atoms with E-state index in [9.17, 15) is 9.18 Å². The zero-order valence-corrected chi connectivity index (χ0v) is 14.2. The first-order valence-corrected chi connectivity index (χ1v) is 8.93. The van der Waals surface area contributed by atoms with Gasteiger partial charge in [0.25, 0.3) is 0 Å². The third kappa shape index (κ3) is 3.31. The topological polar surface area (TPSA) is 29.5 Å². The summed E-state index contributed by atoms with van der Waals surface area (Å²) < 4.78 is 18.7. The maximum atomic E-state index is 13.3.